The number of hydrogen-bond donors (Lipinski definition) is 1. The number of methoxy groups -OCH3 is 2. The second-order valence-electron chi connectivity index (χ2n) is 4.64. The van der Waals surface area contributed by atoms with Crippen molar-refractivity contribution in [1.29, 1.82) is 0 Å². The topological polar surface area (TPSA) is 30.5 Å². The number of benzene rings is 2. The van der Waals surface area contributed by atoms with Crippen molar-refractivity contribution >= 4 is 0 Å². The molecule has 0 aromatic heterocycles. The molecule has 0 aliphatic heterocycles. The SMILES string of the molecule is CNC(Cc1ccccc1)c1ccc(OC)cc1OC. The van der Waals surface area contributed by atoms with E-state index in [2.05, 4.69) is 35.6 Å². The average molecular weight is 271 g/mol. The van der Waals surface area contributed by atoms with Gasteiger partial charge in [-0.3, -0.25) is 0 Å². The third-order valence-electron chi connectivity index (χ3n) is 3.45. The van der Waals surface area contributed by atoms with Gasteiger partial charge in [0.15, 0.2) is 0 Å². The maximum absolute atomic E-state index is 5.49. The van der Waals surface area contributed by atoms with Crippen molar-refractivity contribution in [1.82, 2.24) is 5.32 Å². The molecular formula is C17H21NO2. The Morgan fingerprint density at radius 1 is 1.00 bits per heavy atom. The molecule has 1 atom stereocenters. The lowest BCUT2D eigenvalue weighted by molar-refractivity contribution is 0.385. The Hall–Kier alpha value is -2.00. The Bertz CT molecular complexity index is 540. The van der Waals surface area contributed by atoms with Crippen LogP contribution in [-0.4, -0.2) is 21.3 Å². The van der Waals surface area contributed by atoms with E-state index in [0.717, 1.165) is 23.5 Å². The first-order valence-electron chi connectivity index (χ1n) is 6.71. The number of ether oxygens (including phenoxy) is 2. The van der Waals surface area contributed by atoms with E-state index in [1.54, 1.807) is 14.2 Å². The molecule has 0 bridgehead atoms. The molecule has 20 heavy (non-hydrogen) atoms. The molecule has 0 spiro atoms. The van der Waals surface area contributed by atoms with Gasteiger partial charge in [-0.05, 0) is 25.1 Å². The van der Waals surface area contributed by atoms with Crippen LogP contribution in [0.2, 0.25) is 0 Å². The standard InChI is InChI=1S/C17H21NO2/c1-18-16(11-13-7-5-4-6-8-13)15-10-9-14(19-2)12-17(15)20-3/h4-10,12,16,18H,11H2,1-3H3. The molecule has 0 fully saturated rings. The molecular weight excluding hydrogens is 250 g/mol. The molecule has 0 saturated heterocycles. The average Bonchev–Trinajstić information content (AvgIpc) is 2.53. The van der Waals surface area contributed by atoms with Gasteiger partial charge in [-0.2, -0.15) is 0 Å². The fourth-order valence-electron chi connectivity index (χ4n) is 2.32. The van der Waals surface area contributed by atoms with Crippen LogP contribution in [0, 0.1) is 0 Å². The quantitative estimate of drug-likeness (QED) is 0.875. The van der Waals surface area contributed by atoms with Crippen molar-refractivity contribution < 1.29 is 9.47 Å². The summed E-state index contributed by atoms with van der Waals surface area (Å²) >= 11 is 0. The van der Waals surface area contributed by atoms with Crippen molar-refractivity contribution in [2.24, 2.45) is 0 Å². The number of rotatable bonds is 6. The Morgan fingerprint density at radius 3 is 2.35 bits per heavy atom. The molecule has 0 radical (unpaired) electrons. The van der Waals surface area contributed by atoms with E-state index in [1.807, 2.05) is 25.2 Å². The first kappa shape index (κ1) is 14.4. The smallest absolute Gasteiger partial charge is 0.127 e. The molecule has 0 aliphatic carbocycles. The first-order chi connectivity index (χ1) is 9.78. The predicted octanol–water partition coefficient (Wildman–Crippen LogP) is 3.21. The molecule has 0 saturated carbocycles. The zero-order valence-corrected chi connectivity index (χ0v) is 12.2. The molecule has 1 unspecified atom stereocenters. The zero-order chi connectivity index (χ0) is 14.4. The summed E-state index contributed by atoms with van der Waals surface area (Å²) in [5, 5.41) is 3.36. The highest BCUT2D eigenvalue weighted by Gasteiger charge is 2.15. The van der Waals surface area contributed by atoms with Gasteiger partial charge in [0, 0.05) is 17.7 Å². The summed E-state index contributed by atoms with van der Waals surface area (Å²) in [7, 11) is 5.32. The summed E-state index contributed by atoms with van der Waals surface area (Å²) in [5.41, 5.74) is 2.43. The van der Waals surface area contributed by atoms with Crippen LogP contribution in [0.5, 0.6) is 11.5 Å². The van der Waals surface area contributed by atoms with Crippen molar-refractivity contribution in [3.8, 4) is 11.5 Å². The van der Waals surface area contributed by atoms with E-state index in [4.69, 9.17) is 9.47 Å². The van der Waals surface area contributed by atoms with Crippen LogP contribution in [0.4, 0.5) is 0 Å². The van der Waals surface area contributed by atoms with Crippen LogP contribution in [0.15, 0.2) is 48.5 Å². The Kier molecular flexibility index (Phi) is 5.02. The van der Waals surface area contributed by atoms with Gasteiger partial charge in [0.05, 0.1) is 14.2 Å². The van der Waals surface area contributed by atoms with Crippen LogP contribution < -0.4 is 14.8 Å². The minimum absolute atomic E-state index is 0.207. The van der Waals surface area contributed by atoms with Gasteiger partial charge in [-0.25, -0.2) is 0 Å². The van der Waals surface area contributed by atoms with Gasteiger partial charge in [-0.15, -0.1) is 0 Å². The van der Waals surface area contributed by atoms with Crippen LogP contribution in [0.1, 0.15) is 17.2 Å². The van der Waals surface area contributed by atoms with E-state index in [-0.39, 0.29) is 6.04 Å². The maximum Gasteiger partial charge on any atom is 0.127 e. The van der Waals surface area contributed by atoms with Crippen LogP contribution in [0.3, 0.4) is 0 Å². The van der Waals surface area contributed by atoms with Gasteiger partial charge >= 0.3 is 0 Å². The molecule has 3 nitrogen and oxygen atoms in total. The molecule has 0 aliphatic rings. The van der Waals surface area contributed by atoms with E-state index in [0.29, 0.717) is 0 Å². The highest BCUT2D eigenvalue weighted by molar-refractivity contribution is 5.43. The molecule has 2 aromatic rings. The van der Waals surface area contributed by atoms with Crippen LogP contribution in [-0.2, 0) is 6.42 Å². The van der Waals surface area contributed by atoms with Crippen LogP contribution in [0.25, 0.3) is 0 Å². The van der Waals surface area contributed by atoms with Gasteiger partial charge in [-0.1, -0.05) is 36.4 Å². The molecule has 3 heteroatoms. The third-order valence-corrected chi connectivity index (χ3v) is 3.45. The lowest BCUT2D eigenvalue weighted by atomic mass is 9.98. The van der Waals surface area contributed by atoms with Gasteiger partial charge in [0.25, 0.3) is 0 Å². The van der Waals surface area contributed by atoms with E-state index >= 15 is 0 Å². The lowest BCUT2D eigenvalue weighted by Crippen LogP contribution is -2.19. The first-order valence-corrected chi connectivity index (χ1v) is 6.71. The third kappa shape index (κ3) is 3.31. The Morgan fingerprint density at radius 2 is 1.75 bits per heavy atom. The summed E-state index contributed by atoms with van der Waals surface area (Å²) in [5.74, 6) is 1.65. The minimum Gasteiger partial charge on any atom is -0.497 e. The van der Waals surface area contributed by atoms with E-state index in [1.165, 1.54) is 5.56 Å². The van der Waals surface area contributed by atoms with Gasteiger partial charge in [0.1, 0.15) is 11.5 Å². The molecule has 106 valence electrons. The van der Waals surface area contributed by atoms with Gasteiger partial charge in [0.2, 0.25) is 0 Å². The Balaban J connectivity index is 2.27. The molecule has 0 amide bonds. The van der Waals surface area contributed by atoms with Crippen molar-refractivity contribution in [3.63, 3.8) is 0 Å². The fraction of sp³-hybridized carbons (Fsp3) is 0.294. The number of hydrogen-bond acceptors (Lipinski definition) is 3. The van der Waals surface area contributed by atoms with Crippen LogP contribution >= 0.6 is 0 Å². The predicted molar refractivity (Wildman–Crippen MR) is 81.5 cm³/mol. The normalized spacial score (nSPS) is 11.9. The lowest BCUT2D eigenvalue weighted by Gasteiger charge is -2.20. The number of likely N-dealkylation sites (N-methyl/N-ethyl adjacent to an activating group) is 1. The summed E-state index contributed by atoms with van der Waals surface area (Å²) in [6.07, 6.45) is 0.917. The highest BCUT2D eigenvalue weighted by atomic mass is 16.5. The second-order valence-corrected chi connectivity index (χ2v) is 4.64. The van der Waals surface area contributed by atoms with E-state index in [9.17, 15) is 0 Å². The summed E-state index contributed by atoms with van der Waals surface area (Å²) in [6, 6.07) is 16.6. The summed E-state index contributed by atoms with van der Waals surface area (Å²) in [4.78, 5) is 0. The number of nitrogens with one attached hydrogen (secondary N) is 1. The molecule has 1 N–H and O–H groups in total. The van der Waals surface area contributed by atoms with Gasteiger partial charge < -0.3 is 14.8 Å². The summed E-state index contributed by atoms with van der Waals surface area (Å²) < 4.78 is 10.7. The van der Waals surface area contributed by atoms with Crippen molar-refractivity contribution in [3.05, 3.63) is 59.7 Å². The molecule has 0 heterocycles. The highest BCUT2D eigenvalue weighted by Crippen LogP contribution is 2.31. The monoisotopic (exact) mass is 271 g/mol. The maximum atomic E-state index is 5.49. The van der Waals surface area contributed by atoms with E-state index < -0.39 is 0 Å². The Labute approximate surface area is 120 Å². The fourth-order valence-corrected chi connectivity index (χ4v) is 2.32. The molecule has 2 rings (SSSR count). The zero-order valence-electron chi connectivity index (χ0n) is 12.2. The largest absolute Gasteiger partial charge is 0.497 e. The summed E-state index contributed by atoms with van der Waals surface area (Å²) in [6.45, 7) is 0. The minimum atomic E-state index is 0.207. The second kappa shape index (κ2) is 6.96. The molecule has 2 aromatic carbocycles. The van der Waals surface area contributed by atoms with Crippen molar-refractivity contribution in [2.45, 2.75) is 12.5 Å². The van der Waals surface area contributed by atoms with Crippen molar-refractivity contribution in [2.75, 3.05) is 21.3 Å².